The molecule has 2 aromatic rings. The number of hydrogen-bond acceptors (Lipinski definition) is 2. The zero-order valence-corrected chi connectivity index (χ0v) is 10.1. The van der Waals surface area contributed by atoms with E-state index in [0.717, 1.165) is 26.3 Å². The van der Waals surface area contributed by atoms with Crippen LogP contribution in [0.1, 0.15) is 11.3 Å². The summed E-state index contributed by atoms with van der Waals surface area (Å²) in [6.07, 6.45) is -2.43. The number of fused-ring (bicyclic) bond motifs is 1. The molecule has 74 valence electrons. The van der Waals surface area contributed by atoms with Crippen molar-refractivity contribution in [2.45, 2.75) is 11.3 Å². The third-order valence-corrected chi connectivity index (χ3v) is 4.39. The molecule has 2 rings (SSSR count). The van der Waals surface area contributed by atoms with Crippen LogP contribution in [0.5, 0.6) is 0 Å². The Morgan fingerprint density at radius 2 is 2.07 bits per heavy atom. The summed E-state index contributed by atoms with van der Waals surface area (Å²) in [6.45, 7) is 0. The molecule has 0 aliphatic carbocycles. The van der Waals surface area contributed by atoms with Crippen LogP contribution in [0.15, 0.2) is 27.6 Å². The van der Waals surface area contributed by atoms with Gasteiger partial charge in [-0.25, -0.2) is 8.78 Å². The van der Waals surface area contributed by atoms with E-state index in [1.165, 1.54) is 0 Å². The highest BCUT2D eigenvalue weighted by molar-refractivity contribution is 9.10. The molecule has 1 aromatic carbocycles. The third-order valence-electron chi connectivity index (χ3n) is 1.84. The van der Waals surface area contributed by atoms with Gasteiger partial charge in [-0.1, -0.05) is 6.07 Å². The highest BCUT2D eigenvalue weighted by Crippen LogP contribution is 2.41. The fraction of sp³-hybridized carbons (Fsp3) is 0.111. The average Bonchev–Trinajstić information content (AvgIpc) is 2.43. The van der Waals surface area contributed by atoms with Gasteiger partial charge in [0.2, 0.25) is 0 Å². The van der Waals surface area contributed by atoms with Gasteiger partial charge in [0.05, 0.1) is 4.88 Å². The van der Waals surface area contributed by atoms with Crippen LogP contribution < -0.4 is 0 Å². The second kappa shape index (κ2) is 3.79. The van der Waals surface area contributed by atoms with Gasteiger partial charge in [-0.3, -0.25) is 0 Å². The fourth-order valence-corrected chi connectivity index (χ4v) is 3.39. The average molecular weight is 295 g/mol. The molecular weight excluding hydrogens is 290 g/mol. The molecule has 1 aromatic heterocycles. The maximum absolute atomic E-state index is 12.5. The lowest BCUT2D eigenvalue weighted by atomic mass is 10.2. The summed E-state index contributed by atoms with van der Waals surface area (Å²) in [5.74, 6) is 0. The van der Waals surface area contributed by atoms with Crippen molar-refractivity contribution in [2.24, 2.45) is 0 Å². The molecule has 0 amide bonds. The Kier molecular flexibility index (Phi) is 2.81. The quantitative estimate of drug-likeness (QED) is 0.711. The van der Waals surface area contributed by atoms with E-state index in [4.69, 9.17) is 0 Å². The molecule has 0 spiro atoms. The van der Waals surface area contributed by atoms with E-state index in [1.807, 2.05) is 0 Å². The van der Waals surface area contributed by atoms with Crippen molar-refractivity contribution < 1.29 is 8.78 Å². The topological polar surface area (TPSA) is 0 Å². The van der Waals surface area contributed by atoms with Crippen LogP contribution in [0.4, 0.5) is 8.78 Å². The van der Waals surface area contributed by atoms with Gasteiger partial charge in [0, 0.05) is 19.5 Å². The largest absolute Gasteiger partial charge is 0.273 e. The third kappa shape index (κ3) is 1.68. The van der Waals surface area contributed by atoms with E-state index < -0.39 is 6.43 Å². The Bertz CT molecular complexity index is 479. The molecule has 0 atom stereocenters. The van der Waals surface area contributed by atoms with Crippen molar-refractivity contribution in [2.75, 3.05) is 0 Å². The van der Waals surface area contributed by atoms with Crippen molar-refractivity contribution in [3.63, 3.8) is 0 Å². The van der Waals surface area contributed by atoms with E-state index in [-0.39, 0.29) is 4.88 Å². The lowest BCUT2D eigenvalue weighted by Crippen LogP contribution is -1.76. The smallest absolute Gasteiger partial charge is 0.204 e. The Morgan fingerprint density at radius 1 is 1.36 bits per heavy atom. The molecule has 0 N–H and O–H groups in total. The first-order valence-electron chi connectivity index (χ1n) is 3.78. The Labute approximate surface area is 97.5 Å². The summed E-state index contributed by atoms with van der Waals surface area (Å²) < 4.78 is 26.4. The number of halogens is 3. The van der Waals surface area contributed by atoms with Gasteiger partial charge in [-0.2, -0.15) is 0 Å². The summed E-state index contributed by atoms with van der Waals surface area (Å²) in [5, 5.41) is 0.822. The molecule has 0 aliphatic heterocycles. The number of hydrogen-bond donors (Lipinski definition) is 1. The van der Waals surface area contributed by atoms with E-state index in [9.17, 15) is 8.78 Å². The second-order valence-electron chi connectivity index (χ2n) is 2.76. The molecule has 0 unspecified atom stereocenters. The second-order valence-corrected chi connectivity index (χ2v) is 5.15. The highest BCUT2D eigenvalue weighted by atomic mass is 79.9. The van der Waals surface area contributed by atoms with Crippen LogP contribution in [-0.4, -0.2) is 0 Å². The molecule has 5 heteroatoms. The zero-order chi connectivity index (χ0) is 10.3. The summed E-state index contributed by atoms with van der Waals surface area (Å²) >= 11 is 8.44. The lowest BCUT2D eigenvalue weighted by molar-refractivity contribution is 0.155. The summed E-state index contributed by atoms with van der Waals surface area (Å²) in [5.41, 5.74) is 0. The summed E-state index contributed by atoms with van der Waals surface area (Å²) in [4.78, 5) is 0.867. The van der Waals surface area contributed by atoms with Crippen molar-refractivity contribution in [1.82, 2.24) is 0 Å². The minimum atomic E-state index is -2.43. The monoisotopic (exact) mass is 294 g/mol. The predicted octanol–water partition coefficient (Wildman–Crippen LogP) is 4.89. The fourth-order valence-electron chi connectivity index (χ4n) is 1.21. The van der Waals surface area contributed by atoms with Crippen molar-refractivity contribution in [1.29, 1.82) is 0 Å². The number of rotatable bonds is 1. The van der Waals surface area contributed by atoms with Crippen molar-refractivity contribution in [3.05, 3.63) is 27.5 Å². The van der Waals surface area contributed by atoms with E-state index in [2.05, 4.69) is 28.6 Å². The van der Waals surface area contributed by atoms with Crippen LogP contribution >= 0.6 is 39.9 Å². The van der Waals surface area contributed by atoms with Gasteiger partial charge in [-0.15, -0.1) is 24.0 Å². The summed E-state index contributed by atoms with van der Waals surface area (Å²) in [6, 6.07) is 5.38. The minimum Gasteiger partial charge on any atom is -0.204 e. The predicted molar refractivity (Wildman–Crippen MR) is 61.7 cm³/mol. The van der Waals surface area contributed by atoms with Gasteiger partial charge >= 0.3 is 0 Å². The Morgan fingerprint density at radius 3 is 2.71 bits per heavy atom. The Hall–Kier alpha value is -0.130. The van der Waals surface area contributed by atoms with Crippen LogP contribution in [0.3, 0.4) is 0 Å². The van der Waals surface area contributed by atoms with Gasteiger partial charge in [0.1, 0.15) is 0 Å². The van der Waals surface area contributed by atoms with Crippen LogP contribution in [0.25, 0.3) is 10.1 Å². The van der Waals surface area contributed by atoms with Gasteiger partial charge in [0.15, 0.2) is 0 Å². The molecule has 0 nitrogen and oxygen atoms in total. The zero-order valence-electron chi connectivity index (χ0n) is 6.80. The number of thiol groups is 1. The molecule has 0 radical (unpaired) electrons. The first kappa shape index (κ1) is 10.4. The molecule has 0 bridgehead atoms. The first-order valence-corrected chi connectivity index (χ1v) is 5.84. The first-order chi connectivity index (χ1) is 6.59. The standard InChI is InChI=1S/C9H5BrF2S2/c10-7-5-2-1-4(13)3-6(5)14-8(7)9(11)12/h1-3,9,13H. The maximum atomic E-state index is 12.5. The minimum absolute atomic E-state index is 0.0823. The number of alkyl halides is 2. The van der Waals surface area contributed by atoms with Crippen molar-refractivity contribution in [3.8, 4) is 0 Å². The highest BCUT2D eigenvalue weighted by Gasteiger charge is 2.17. The molecule has 1 heterocycles. The van der Waals surface area contributed by atoms with E-state index >= 15 is 0 Å². The Balaban J connectivity index is 2.73. The van der Waals surface area contributed by atoms with Gasteiger partial charge in [0.25, 0.3) is 6.43 Å². The molecule has 0 saturated carbocycles. The van der Waals surface area contributed by atoms with Gasteiger partial charge < -0.3 is 0 Å². The number of thiophene rings is 1. The van der Waals surface area contributed by atoms with E-state index in [1.54, 1.807) is 18.2 Å². The van der Waals surface area contributed by atoms with Crippen LogP contribution in [0, 0.1) is 0 Å². The molecular formula is C9H5BrF2S2. The number of benzene rings is 1. The normalized spacial score (nSPS) is 11.5. The van der Waals surface area contributed by atoms with E-state index in [0.29, 0.717) is 4.47 Å². The van der Waals surface area contributed by atoms with Crippen molar-refractivity contribution >= 4 is 50.0 Å². The molecule has 0 aliphatic rings. The van der Waals surface area contributed by atoms with Crippen LogP contribution in [-0.2, 0) is 0 Å². The maximum Gasteiger partial charge on any atom is 0.273 e. The molecule has 0 saturated heterocycles. The molecule has 0 fully saturated rings. The van der Waals surface area contributed by atoms with Gasteiger partial charge in [-0.05, 0) is 28.1 Å². The lowest BCUT2D eigenvalue weighted by Gasteiger charge is -1.93. The molecule has 14 heavy (non-hydrogen) atoms. The SMILES string of the molecule is FC(F)c1sc2cc(S)ccc2c1Br. The van der Waals surface area contributed by atoms with Crippen LogP contribution in [0.2, 0.25) is 0 Å². The summed E-state index contributed by atoms with van der Waals surface area (Å²) in [7, 11) is 0.